The third kappa shape index (κ3) is 3.73. The molecule has 1 N–H and O–H groups in total. The number of aryl methyl sites for hydroxylation is 2. The van der Waals surface area contributed by atoms with E-state index in [1.165, 1.54) is 0 Å². The molecular weight excluding hydrogens is 520 g/mol. The zero-order valence-corrected chi connectivity index (χ0v) is 23.7. The molecule has 0 saturated carbocycles. The standard InChI is InChI=1S/C37H32N2O3/c1-3-8-24-15-19-26(20-16-24)33(40)31-32(34(41)27-17-13-23(2)14-18-27)39-22-21-25-9-4-5-10-28(25)35(39)37(31)29-11-6-7-12-30(29)38-36(37)42/h4-7,9-22,31-32,35H,3,8H2,1-2H3,(H,38,42)/t31-,32+,35-,37+/m0/s1. The van der Waals surface area contributed by atoms with Gasteiger partial charge in [-0.1, -0.05) is 110 Å². The molecule has 1 saturated heterocycles. The number of para-hydroxylation sites is 1. The van der Waals surface area contributed by atoms with Crippen LogP contribution < -0.4 is 5.32 Å². The van der Waals surface area contributed by atoms with Crippen molar-refractivity contribution in [3.05, 3.63) is 142 Å². The lowest BCUT2D eigenvalue weighted by molar-refractivity contribution is -0.122. The number of Topliss-reactive ketones (excluding diaryl/α,β-unsaturated/α-hetero) is 2. The SMILES string of the molecule is CCCc1ccc(C(=O)[C@@H]2[C@H](C(=O)c3ccc(C)cc3)N3C=Cc4ccccc4[C@H]3[C@]23C(=O)Nc2ccccc23)cc1. The summed E-state index contributed by atoms with van der Waals surface area (Å²) in [5.74, 6) is -1.58. The van der Waals surface area contributed by atoms with Crippen LogP contribution >= 0.6 is 0 Å². The summed E-state index contributed by atoms with van der Waals surface area (Å²) >= 11 is 0. The summed E-state index contributed by atoms with van der Waals surface area (Å²) in [5.41, 5.74) is 5.28. The van der Waals surface area contributed by atoms with E-state index in [2.05, 4.69) is 12.2 Å². The fourth-order valence-corrected chi connectivity index (χ4v) is 7.36. The number of hydrogen-bond acceptors (Lipinski definition) is 4. The van der Waals surface area contributed by atoms with Gasteiger partial charge in [-0.15, -0.1) is 0 Å². The van der Waals surface area contributed by atoms with Gasteiger partial charge in [0, 0.05) is 23.0 Å². The first-order valence-electron chi connectivity index (χ1n) is 14.6. The summed E-state index contributed by atoms with van der Waals surface area (Å²) in [7, 11) is 0. The van der Waals surface area contributed by atoms with Crippen LogP contribution in [0.3, 0.4) is 0 Å². The maximum atomic E-state index is 14.9. The zero-order valence-electron chi connectivity index (χ0n) is 23.7. The highest BCUT2D eigenvalue weighted by atomic mass is 16.2. The Morgan fingerprint density at radius 2 is 1.50 bits per heavy atom. The van der Waals surface area contributed by atoms with Crippen LogP contribution in [0.15, 0.2) is 103 Å². The molecule has 5 nitrogen and oxygen atoms in total. The Morgan fingerprint density at radius 1 is 0.833 bits per heavy atom. The summed E-state index contributed by atoms with van der Waals surface area (Å²) < 4.78 is 0. The molecule has 3 aliphatic heterocycles. The maximum absolute atomic E-state index is 14.9. The minimum atomic E-state index is -1.32. The molecule has 3 heterocycles. The van der Waals surface area contributed by atoms with Crippen molar-refractivity contribution in [2.45, 2.75) is 44.2 Å². The molecule has 5 heteroatoms. The first-order valence-corrected chi connectivity index (χ1v) is 14.6. The van der Waals surface area contributed by atoms with Crippen LogP contribution in [0.1, 0.15) is 67.9 Å². The Morgan fingerprint density at radius 3 is 2.26 bits per heavy atom. The second-order valence-electron chi connectivity index (χ2n) is 11.6. The average Bonchev–Trinajstić information content (AvgIpc) is 3.49. The second kappa shape index (κ2) is 9.95. The molecule has 1 amide bonds. The lowest BCUT2D eigenvalue weighted by Crippen LogP contribution is -2.49. The minimum absolute atomic E-state index is 0.168. The van der Waals surface area contributed by atoms with Gasteiger partial charge in [0.05, 0.1) is 12.0 Å². The Bertz CT molecular complexity index is 1750. The lowest BCUT2D eigenvalue weighted by atomic mass is 9.62. The van der Waals surface area contributed by atoms with Crippen LogP contribution in [-0.2, 0) is 16.6 Å². The topological polar surface area (TPSA) is 66.5 Å². The summed E-state index contributed by atoms with van der Waals surface area (Å²) in [6.07, 6.45) is 5.83. The molecule has 0 bridgehead atoms. The fourth-order valence-electron chi connectivity index (χ4n) is 7.36. The molecule has 1 spiro atoms. The molecule has 42 heavy (non-hydrogen) atoms. The summed E-state index contributed by atoms with van der Waals surface area (Å²) in [6, 6.07) is 29.3. The number of hydrogen-bond donors (Lipinski definition) is 1. The van der Waals surface area contributed by atoms with Crippen molar-refractivity contribution in [2.75, 3.05) is 5.32 Å². The molecule has 0 radical (unpaired) electrons. The van der Waals surface area contributed by atoms with Gasteiger partial charge in [0.25, 0.3) is 0 Å². The van der Waals surface area contributed by atoms with Crippen LogP contribution in [0, 0.1) is 12.8 Å². The van der Waals surface area contributed by atoms with Gasteiger partial charge in [0.1, 0.15) is 11.5 Å². The Labute approximate surface area is 245 Å². The average molecular weight is 553 g/mol. The quantitative estimate of drug-likeness (QED) is 0.264. The van der Waals surface area contributed by atoms with Crippen molar-refractivity contribution >= 4 is 29.2 Å². The fraction of sp³-hybridized carbons (Fsp3) is 0.216. The minimum Gasteiger partial charge on any atom is -0.358 e. The Hall–Kier alpha value is -4.77. The van der Waals surface area contributed by atoms with Gasteiger partial charge in [0.15, 0.2) is 11.6 Å². The van der Waals surface area contributed by atoms with E-state index in [4.69, 9.17) is 0 Å². The number of anilines is 1. The highest BCUT2D eigenvalue weighted by Crippen LogP contribution is 2.62. The number of carbonyl (C=O) groups is 3. The van der Waals surface area contributed by atoms with Gasteiger partial charge in [0.2, 0.25) is 5.91 Å². The number of rotatable bonds is 6. The molecule has 0 unspecified atom stereocenters. The van der Waals surface area contributed by atoms with E-state index in [1.807, 2.05) is 121 Å². The monoisotopic (exact) mass is 552 g/mol. The predicted octanol–water partition coefficient (Wildman–Crippen LogP) is 6.93. The van der Waals surface area contributed by atoms with Crippen molar-refractivity contribution in [3.8, 4) is 0 Å². The van der Waals surface area contributed by atoms with Gasteiger partial charge in [-0.05, 0) is 47.7 Å². The van der Waals surface area contributed by atoms with Crippen molar-refractivity contribution in [1.82, 2.24) is 4.90 Å². The molecule has 4 aromatic rings. The van der Waals surface area contributed by atoms with E-state index in [0.29, 0.717) is 16.8 Å². The summed E-state index contributed by atoms with van der Waals surface area (Å²) in [5, 5.41) is 3.11. The van der Waals surface area contributed by atoms with E-state index in [-0.39, 0.29) is 17.5 Å². The summed E-state index contributed by atoms with van der Waals surface area (Å²) in [6.45, 7) is 4.10. The Kier molecular flexibility index (Phi) is 6.19. The smallest absolute Gasteiger partial charge is 0.238 e. The van der Waals surface area contributed by atoms with Crippen molar-refractivity contribution < 1.29 is 14.4 Å². The molecule has 4 atom stereocenters. The van der Waals surface area contributed by atoms with Crippen LogP contribution in [0.25, 0.3) is 6.08 Å². The van der Waals surface area contributed by atoms with Gasteiger partial charge >= 0.3 is 0 Å². The predicted molar refractivity (Wildman–Crippen MR) is 164 cm³/mol. The molecule has 0 aliphatic carbocycles. The largest absolute Gasteiger partial charge is 0.358 e. The van der Waals surface area contributed by atoms with Crippen LogP contribution in [0.5, 0.6) is 0 Å². The molecule has 208 valence electrons. The number of carbonyl (C=O) groups excluding carboxylic acids is 3. The van der Waals surface area contributed by atoms with Crippen molar-refractivity contribution in [2.24, 2.45) is 5.92 Å². The van der Waals surface area contributed by atoms with E-state index in [0.717, 1.165) is 40.7 Å². The van der Waals surface area contributed by atoms with Gasteiger partial charge in [-0.2, -0.15) is 0 Å². The second-order valence-corrected chi connectivity index (χ2v) is 11.6. The summed E-state index contributed by atoms with van der Waals surface area (Å²) in [4.78, 5) is 46.0. The van der Waals surface area contributed by atoms with E-state index >= 15 is 0 Å². The first-order chi connectivity index (χ1) is 20.4. The number of ketones is 2. The number of nitrogens with zero attached hydrogens (tertiary/aromatic N) is 1. The number of nitrogens with one attached hydrogen (secondary N) is 1. The third-order valence-electron chi connectivity index (χ3n) is 9.23. The first kappa shape index (κ1) is 26.1. The van der Waals surface area contributed by atoms with Crippen molar-refractivity contribution in [3.63, 3.8) is 0 Å². The highest BCUT2D eigenvalue weighted by Gasteiger charge is 2.70. The Balaban J connectivity index is 1.50. The van der Waals surface area contributed by atoms with Crippen LogP contribution in [-0.4, -0.2) is 28.4 Å². The number of fused-ring (bicyclic) bond motifs is 6. The molecule has 1 fully saturated rings. The van der Waals surface area contributed by atoms with Gasteiger partial charge in [-0.3, -0.25) is 14.4 Å². The zero-order chi connectivity index (χ0) is 29.0. The van der Waals surface area contributed by atoms with E-state index < -0.39 is 23.4 Å². The van der Waals surface area contributed by atoms with Crippen LogP contribution in [0.4, 0.5) is 5.69 Å². The van der Waals surface area contributed by atoms with Crippen molar-refractivity contribution in [1.29, 1.82) is 0 Å². The van der Waals surface area contributed by atoms with E-state index in [1.54, 1.807) is 0 Å². The van der Waals surface area contributed by atoms with Crippen LogP contribution in [0.2, 0.25) is 0 Å². The van der Waals surface area contributed by atoms with Gasteiger partial charge < -0.3 is 10.2 Å². The molecule has 7 rings (SSSR count). The maximum Gasteiger partial charge on any atom is 0.238 e. The third-order valence-corrected chi connectivity index (χ3v) is 9.23. The molecular formula is C37H32N2O3. The lowest BCUT2D eigenvalue weighted by Gasteiger charge is -2.38. The molecule has 3 aliphatic rings. The number of benzene rings is 4. The molecule has 0 aromatic heterocycles. The number of amides is 1. The highest BCUT2D eigenvalue weighted by molar-refractivity contribution is 6.16. The molecule has 4 aromatic carbocycles. The van der Waals surface area contributed by atoms with E-state index in [9.17, 15) is 14.4 Å². The normalized spacial score (nSPS) is 23.3. The van der Waals surface area contributed by atoms with Gasteiger partial charge in [-0.25, -0.2) is 0 Å².